The van der Waals surface area contributed by atoms with E-state index >= 15 is 0 Å². The second-order valence-corrected chi connectivity index (χ2v) is 5.43. The summed E-state index contributed by atoms with van der Waals surface area (Å²) in [6.07, 6.45) is 0.329. The zero-order chi connectivity index (χ0) is 10.6. The van der Waals surface area contributed by atoms with Crippen LogP contribution in [-0.2, 0) is 14.6 Å². The Kier molecular flexibility index (Phi) is 4.35. The molecule has 6 heteroatoms. The average molecular weight is 209 g/mol. The van der Waals surface area contributed by atoms with E-state index in [1.807, 2.05) is 0 Å². The van der Waals surface area contributed by atoms with Crippen LogP contribution in [0.4, 0.5) is 0 Å². The van der Waals surface area contributed by atoms with Crippen LogP contribution >= 0.6 is 0 Å². The molecule has 0 radical (unpaired) electrons. The number of nitrogens with one attached hydrogen (secondary N) is 1. The van der Waals surface area contributed by atoms with Crippen molar-refractivity contribution < 1.29 is 18.3 Å². The molecule has 0 aromatic rings. The molecule has 5 nitrogen and oxygen atoms in total. The van der Waals surface area contributed by atoms with Gasteiger partial charge >= 0.3 is 0 Å². The Morgan fingerprint density at radius 1 is 1.46 bits per heavy atom. The average Bonchev–Trinajstić information content (AvgIpc) is 1.96. The molecule has 13 heavy (non-hydrogen) atoms. The molecule has 0 saturated carbocycles. The summed E-state index contributed by atoms with van der Waals surface area (Å²) < 4.78 is 21.8. The third-order valence-electron chi connectivity index (χ3n) is 1.58. The Balaban J connectivity index is 4.14. The van der Waals surface area contributed by atoms with Gasteiger partial charge in [-0.05, 0) is 13.8 Å². The molecule has 0 aliphatic carbocycles. The second-order valence-electron chi connectivity index (χ2n) is 3.07. The first kappa shape index (κ1) is 12.4. The van der Waals surface area contributed by atoms with E-state index in [-0.39, 0.29) is 6.54 Å². The minimum Gasteiger partial charge on any atom is -0.392 e. The van der Waals surface area contributed by atoms with Crippen LogP contribution in [0.1, 0.15) is 13.8 Å². The molecule has 0 fully saturated rings. The number of carbonyl (C=O) groups is 1. The largest absolute Gasteiger partial charge is 0.392 e. The number of rotatable bonds is 4. The normalized spacial score (nSPS) is 16.3. The highest BCUT2D eigenvalue weighted by Gasteiger charge is 2.23. The number of hydrogen-bond acceptors (Lipinski definition) is 4. The van der Waals surface area contributed by atoms with E-state index in [1.54, 1.807) is 0 Å². The van der Waals surface area contributed by atoms with Crippen LogP contribution in [-0.4, -0.2) is 43.6 Å². The first-order valence-electron chi connectivity index (χ1n) is 3.89. The Morgan fingerprint density at radius 3 is 2.23 bits per heavy atom. The highest BCUT2D eigenvalue weighted by Crippen LogP contribution is 1.97. The fourth-order valence-corrected chi connectivity index (χ4v) is 1.06. The van der Waals surface area contributed by atoms with E-state index in [9.17, 15) is 13.2 Å². The predicted molar refractivity (Wildman–Crippen MR) is 49.0 cm³/mol. The summed E-state index contributed by atoms with van der Waals surface area (Å²) in [5.74, 6) is -0.580. The lowest BCUT2D eigenvalue weighted by Gasteiger charge is -2.11. The zero-order valence-electron chi connectivity index (χ0n) is 7.94. The number of sulfone groups is 1. The molecular formula is C7H15NO4S. The molecule has 0 aromatic heterocycles. The van der Waals surface area contributed by atoms with Crippen molar-refractivity contribution in [3.63, 3.8) is 0 Å². The van der Waals surface area contributed by atoms with Crippen molar-refractivity contribution in [1.29, 1.82) is 0 Å². The molecule has 0 spiro atoms. The molecule has 2 unspecified atom stereocenters. The van der Waals surface area contributed by atoms with Gasteiger partial charge in [-0.3, -0.25) is 4.79 Å². The lowest BCUT2D eigenvalue weighted by atomic mass is 10.4. The molecular weight excluding hydrogens is 194 g/mol. The third-order valence-corrected chi connectivity index (χ3v) is 3.08. The summed E-state index contributed by atoms with van der Waals surface area (Å²) in [6.45, 7) is 2.89. The van der Waals surface area contributed by atoms with Crippen LogP contribution in [0.25, 0.3) is 0 Å². The van der Waals surface area contributed by atoms with Crippen molar-refractivity contribution in [3.05, 3.63) is 0 Å². The molecule has 0 saturated heterocycles. The van der Waals surface area contributed by atoms with Crippen LogP contribution in [0.15, 0.2) is 0 Å². The SMILES string of the molecule is CC(O)CNC(=O)C(C)S(C)(=O)=O. The van der Waals surface area contributed by atoms with Crippen LogP contribution in [0, 0.1) is 0 Å². The number of hydrogen-bond donors (Lipinski definition) is 2. The molecule has 2 atom stereocenters. The number of aliphatic hydroxyl groups excluding tert-OH is 1. The third kappa shape index (κ3) is 4.84. The van der Waals surface area contributed by atoms with Crippen LogP contribution in [0.2, 0.25) is 0 Å². The van der Waals surface area contributed by atoms with Crippen LogP contribution in [0.3, 0.4) is 0 Å². The van der Waals surface area contributed by atoms with E-state index in [0.717, 1.165) is 6.26 Å². The van der Waals surface area contributed by atoms with Gasteiger partial charge in [0.15, 0.2) is 9.84 Å². The smallest absolute Gasteiger partial charge is 0.238 e. The zero-order valence-corrected chi connectivity index (χ0v) is 8.76. The van der Waals surface area contributed by atoms with E-state index in [4.69, 9.17) is 5.11 Å². The molecule has 0 aromatic carbocycles. The maximum Gasteiger partial charge on any atom is 0.238 e. The van der Waals surface area contributed by atoms with Gasteiger partial charge in [0.2, 0.25) is 5.91 Å². The number of aliphatic hydroxyl groups is 1. The maximum atomic E-state index is 11.1. The van der Waals surface area contributed by atoms with Crippen LogP contribution < -0.4 is 5.32 Å². The van der Waals surface area contributed by atoms with Gasteiger partial charge in [0.1, 0.15) is 5.25 Å². The van der Waals surface area contributed by atoms with Crippen molar-refractivity contribution in [2.45, 2.75) is 25.2 Å². The molecule has 1 amide bonds. The predicted octanol–water partition coefficient (Wildman–Crippen LogP) is -1.08. The van der Waals surface area contributed by atoms with Gasteiger partial charge in [-0.1, -0.05) is 0 Å². The minimum absolute atomic E-state index is 0.0681. The van der Waals surface area contributed by atoms with Gasteiger partial charge in [0, 0.05) is 12.8 Å². The van der Waals surface area contributed by atoms with Crippen molar-refractivity contribution in [2.24, 2.45) is 0 Å². The first-order chi connectivity index (χ1) is 5.75. The Morgan fingerprint density at radius 2 is 1.92 bits per heavy atom. The van der Waals surface area contributed by atoms with Crippen molar-refractivity contribution in [2.75, 3.05) is 12.8 Å². The van der Waals surface area contributed by atoms with Gasteiger partial charge in [0.25, 0.3) is 0 Å². The second kappa shape index (κ2) is 4.57. The highest BCUT2D eigenvalue weighted by molar-refractivity contribution is 7.92. The van der Waals surface area contributed by atoms with Gasteiger partial charge in [-0.25, -0.2) is 8.42 Å². The van der Waals surface area contributed by atoms with Crippen molar-refractivity contribution in [1.82, 2.24) is 5.32 Å². The molecule has 78 valence electrons. The van der Waals surface area contributed by atoms with Gasteiger partial charge in [-0.15, -0.1) is 0 Å². The molecule has 0 aliphatic rings. The van der Waals surface area contributed by atoms with Gasteiger partial charge in [0.05, 0.1) is 6.10 Å². The topological polar surface area (TPSA) is 83.5 Å². The molecule has 0 rings (SSSR count). The Bertz CT molecular complexity index is 270. The van der Waals surface area contributed by atoms with E-state index < -0.39 is 27.1 Å². The first-order valence-corrected chi connectivity index (χ1v) is 5.85. The molecule has 0 bridgehead atoms. The summed E-state index contributed by atoms with van der Waals surface area (Å²) >= 11 is 0. The summed E-state index contributed by atoms with van der Waals surface area (Å²) in [4.78, 5) is 11.1. The monoisotopic (exact) mass is 209 g/mol. The van der Waals surface area contributed by atoms with E-state index in [0.29, 0.717) is 0 Å². The molecule has 2 N–H and O–H groups in total. The fraction of sp³-hybridized carbons (Fsp3) is 0.857. The van der Waals surface area contributed by atoms with Crippen molar-refractivity contribution >= 4 is 15.7 Å². The molecule has 0 aliphatic heterocycles. The number of carbonyl (C=O) groups excluding carboxylic acids is 1. The summed E-state index contributed by atoms with van der Waals surface area (Å²) in [5, 5.41) is 10.1. The Hall–Kier alpha value is -0.620. The van der Waals surface area contributed by atoms with E-state index in [1.165, 1.54) is 13.8 Å². The fourth-order valence-electron chi connectivity index (χ4n) is 0.586. The van der Waals surface area contributed by atoms with Gasteiger partial charge in [-0.2, -0.15) is 0 Å². The van der Waals surface area contributed by atoms with Crippen molar-refractivity contribution in [3.8, 4) is 0 Å². The lowest BCUT2D eigenvalue weighted by molar-refractivity contribution is -0.120. The quantitative estimate of drug-likeness (QED) is 0.616. The summed E-state index contributed by atoms with van der Waals surface area (Å²) in [5.41, 5.74) is 0. The number of amides is 1. The summed E-state index contributed by atoms with van der Waals surface area (Å²) in [7, 11) is -3.34. The van der Waals surface area contributed by atoms with Crippen LogP contribution in [0.5, 0.6) is 0 Å². The standard InChI is InChI=1S/C7H15NO4S/c1-5(9)4-8-7(10)6(2)13(3,11)12/h5-6,9H,4H2,1-3H3,(H,8,10). The minimum atomic E-state index is -3.34. The highest BCUT2D eigenvalue weighted by atomic mass is 32.2. The molecule has 0 heterocycles. The maximum absolute atomic E-state index is 11.1. The van der Waals surface area contributed by atoms with E-state index in [2.05, 4.69) is 5.32 Å². The Labute approximate surface area is 78.1 Å². The van der Waals surface area contributed by atoms with Gasteiger partial charge < -0.3 is 10.4 Å². The lowest BCUT2D eigenvalue weighted by Crippen LogP contribution is -2.40. The summed E-state index contributed by atoms with van der Waals surface area (Å²) in [6, 6.07) is 0.